The van der Waals surface area contributed by atoms with Crippen LogP contribution in [0.2, 0.25) is 0 Å². The van der Waals surface area contributed by atoms with Crippen LogP contribution in [0, 0.1) is 5.92 Å². The second-order valence-corrected chi connectivity index (χ2v) is 4.32. The summed E-state index contributed by atoms with van der Waals surface area (Å²) in [5, 5.41) is 3.30. The van der Waals surface area contributed by atoms with Crippen molar-refractivity contribution in [3.05, 3.63) is 0 Å². The van der Waals surface area contributed by atoms with Crippen LogP contribution in [0.15, 0.2) is 0 Å². The molecule has 0 radical (unpaired) electrons. The third kappa shape index (κ3) is 4.47. The van der Waals surface area contributed by atoms with Crippen LogP contribution >= 0.6 is 0 Å². The average molecular weight is 216 g/mol. The standard InChI is InChI=1S/C11H24N2O2/c1-10(9-15-3)13(4-5-14-2)8-11-6-12-7-11/h10-12H,4-9H2,1-3H3. The van der Waals surface area contributed by atoms with E-state index >= 15 is 0 Å². The van der Waals surface area contributed by atoms with Gasteiger partial charge in [-0.05, 0) is 12.8 Å². The van der Waals surface area contributed by atoms with Crippen LogP contribution in [-0.4, -0.2) is 64.6 Å². The Bertz CT molecular complexity index is 163. The molecule has 1 saturated heterocycles. The minimum absolute atomic E-state index is 0.478. The van der Waals surface area contributed by atoms with Crippen LogP contribution in [0.5, 0.6) is 0 Å². The highest BCUT2D eigenvalue weighted by atomic mass is 16.5. The first-order valence-electron chi connectivity index (χ1n) is 5.70. The van der Waals surface area contributed by atoms with E-state index in [9.17, 15) is 0 Å². The van der Waals surface area contributed by atoms with Gasteiger partial charge in [-0.2, -0.15) is 0 Å². The normalized spacial score (nSPS) is 19.2. The Morgan fingerprint density at radius 3 is 2.53 bits per heavy atom. The molecule has 0 aromatic rings. The molecule has 1 atom stereocenters. The highest BCUT2D eigenvalue weighted by molar-refractivity contribution is 4.80. The van der Waals surface area contributed by atoms with E-state index in [0.29, 0.717) is 6.04 Å². The van der Waals surface area contributed by atoms with Crippen LogP contribution < -0.4 is 5.32 Å². The monoisotopic (exact) mass is 216 g/mol. The quantitative estimate of drug-likeness (QED) is 0.628. The van der Waals surface area contributed by atoms with E-state index in [2.05, 4.69) is 17.1 Å². The molecule has 1 N–H and O–H groups in total. The minimum atomic E-state index is 0.478. The zero-order valence-corrected chi connectivity index (χ0v) is 10.2. The van der Waals surface area contributed by atoms with Gasteiger partial charge in [0.1, 0.15) is 0 Å². The van der Waals surface area contributed by atoms with Gasteiger partial charge in [0.2, 0.25) is 0 Å². The molecule has 0 aliphatic carbocycles. The highest BCUT2D eigenvalue weighted by Crippen LogP contribution is 2.09. The maximum absolute atomic E-state index is 5.20. The van der Waals surface area contributed by atoms with Crippen molar-refractivity contribution in [2.75, 3.05) is 53.6 Å². The molecule has 1 heterocycles. The molecule has 0 aromatic heterocycles. The summed E-state index contributed by atoms with van der Waals surface area (Å²) in [5.74, 6) is 0.807. The minimum Gasteiger partial charge on any atom is -0.383 e. The smallest absolute Gasteiger partial charge is 0.0615 e. The predicted octanol–water partition coefficient (Wildman–Crippen LogP) is 0.189. The first-order valence-corrected chi connectivity index (χ1v) is 5.70. The van der Waals surface area contributed by atoms with Gasteiger partial charge in [-0.3, -0.25) is 4.90 Å². The summed E-state index contributed by atoms with van der Waals surface area (Å²) >= 11 is 0. The van der Waals surface area contributed by atoms with Crippen molar-refractivity contribution in [1.29, 1.82) is 0 Å². The Kier molecular flexibility index (Phi) is 6.17. The van der Waals surface area contributed by atoms with Crippen LogP contribution in [0.25, 0.3) is 0 Å². The van der Waals surface area contributed by atoms with Crippen LogP contribution in [0.4, 0.5) is 0 Å². The third-order valence-electron chi connectivity index (χ3n) is 2.97. The summed E-state index contributed by atoms with van der Waals surface area (Å²) in [4.78, 5) is 2.46. The summed E-state index contributed by atoms with van der Waals surface area (Å²) in [6, 6.07) is 0.478. The molecule has 0 aromatic carbocycles. The lowest BCUT2D eigenvalue weighted by molar-refractivity contribution is 0.0584. The summed E-state index contributed by atoms with van der Waals surface area (Å²) in [6.45, 7) is 8.27. The van der Waals surface area contributed by atoms with Gasteiger partial charge >= 0.3 is 0 Å². The number of hydrogen-bond acceptors (Lipinski definition) is 4. The molecule has 1 aliphatic heterocycles. The lowest BCUT2D eigenvalue weighted by Gasteiger charge is -2.36. The molecule has 0 amide bonds. The number of nitrogens with zero attached hydrogens (tertiary/aromatic N) is 1. The second kappa shape index (κ2) is 7.17. The van der Waals surface area contributed by atoms with E-state index in [1.165, 1.54) is 0 Å². The van der Waals surface area contributed by atoms with Gasteiger partial charge in [-0.25, -0.2) is 0 Å². The largest absolute Gasteiger partial charge is 0.383 e. The molecule has 1 aliphatic rings. The van der Waals surface area contributed by atoms with E-state index in [4.69, 9.17) is 9.47 Å². The van der Waals surface area contributed by atoms with E-state index in [0.717, 1.165) is 45.3 Å². The van der Waals surface area contributed by atoms with E-state index < -0.39 is 0 Å². The number of methoxy groups -OCH3 is 2. The van der Waals surface area contributed by atoms with E-state index in [1.54, 1.807) is 14.2 Å². The van der Waals surface area contributed by atoms with Crippen molar-refractivity contribution >= 4 is 0 Å². The maximum Gasteiger partial charge on any atom is 0.0615 e. The molecular weight excluding hydrogens is 192 g/mol. The molecule has 0 saturated carbocycles. The molecule has 4 heteroatoms. The molecule has 15 heavy (non-hydrogen) atoms. The Morgan fingerprint density at radius 2 is 2.07 bits per heavy atom. The zero-order valence-electron chi connectivity index (χ0n) is 10.2. The summed E-state index contributed by atoms with van der Waals surface area (Å²) in [5.41, 5.74) is 0. The van der Waals surface area contributed by atoms with E-state index in [-0.39, 0.29) is 0 Å². The summed E-state index contributed by atoms with van der Waals surface area (Å²) in [6.07, 6.45) is 0. The average Bonchev–Trinajstić information content (AvgIpc) is 2.15. The van der Waals surface area contributed by atoms with Crippen molar-refractivity contribution in [3.63, 3.8) is 0 Å². The van der Waals surface area contributed by atoms with Gasteiger partial charge in [0.25, 0.3) is 0 Å². The number of hydrogen-bond donors (Lipinski definition) is 1. The van der Waals surface area contributed by atoms with Crippen LogP contribution in [-0.2, 0) is 9.47 Å². The van der Waals surface area contributed by atoms with Crippen molar-refractivity contribution in [2.24, 2.45) is 5.92 Å². The molecule has 0 spiro atoms. The summed E-state index contributed by atoms with van der Waals surface area (Å²) in [7, 11) is 3.51. The Balaban J connectivity index is 2.28. The van der Waals surface area contributed by atoms with Gasteiger partial charge in [0, 0.05) is 46.4 Å². The fraction of sp³-hybridized carbons (Fsp3) is 1.00. The predicted molar refractivity (Wildman–Crippen MR) is 61.1 cm³/mol. The molecule has 1 fully saturated rings. The molecule has 90 valence electrons. The van der Waals surface area contributed by atoms with Gasteiger partial charge in [-0.15, -0.1) is 0 Å². The lowest BCUT2D eigenvalue weighted by atomic mass is 10.0. The molecule has 0 bridgehead atoms. The third-order valence-corrected chi connectivity index (χ3v) is 2.97. The maximum atomic E-state index is 5.20. The lowest BCUT2D eigenvalue weighted by Crippen LogP contribution is -2.51. The van der Waals surface area contributed by atoms with Crippen molar-refractivity contribution in [1.82, 2.24) is 10.2 Å². The first-order chi connectivity index (χ1) is 7.27. The van der Waals surface area contributed by atoms with Crippen LogP contribution in [0.1, 0.15) is 6.92 Å². The number of nitrogens with one attached hydrogen (secondary N) is 1. The SMILES string of the molecule is COCCN(CC1CNC1)C(C)COC. The fourth-order valence-corrected chi connectivity index (χ4v) is 1.86. The second-order valence-electron chi connectivity index (χ2n) is 4.32. The topological polar surface area (TPSA) is 33.7 Å². The molecule has 1 unspecified atom stereocenters. The fourth-order valence-electron chi connectivity index (χ4n) is 1.86. The van der Waals surface area contributed by atoms with Gasteiger partial charge < -0.3 is 14.8 Å². The van der Waals surface area contributed by atoms with Gasteiger partial charge in [0.05, 0.1) is 13.2 Å². The van der Waals surface area contributed by atoms with Crippen LogP contribution in [0.3, 0.4) is 0 Å². The Morgan fingerprint density at radius 1 is 1.33 bits per heavy atom. The molecule has 1 rings (SSSR count). The summed E-state index contributed by atoms with van der Waals surface area (Å²) < 4.78 is 10.3. The zero-order chi connectivity index (χ0) is 11.1. The Labute approximate surface area is 92.9 Å². The van der Waals surface area contributed by atoms with Crippen molar-refractivity contribution < 1.29 is 9.47 Å². The first kappa shape index (κ1) is 12.9. The Hall–Kier alpha value is -0.160. The number of ether oxygens (including phenoxy) is 2. The van der Waals surface area contributed by atoms with Gasteiger partial charge in [0.15, 0.2) is 0 Å². The number of rotatable bonds is 8. The van der Waals surface area contributed by atoms with Gasteiger partial charge in [-0.1, -0.05) is 0 Å². The molecular formula is C11H24N2O2. The highest BCUT2D eigenvalue weighted by Gasteiger charge is 2.22. The molecule has 4 nitrogen and oxygen atoms in total. The van der Waals surface area contributed by atoms with E-state index in [1.807, 2.05) is 0 Å². The van der Waals surface area contributed by atoms with Crippen molar-refractivity contribution in [2.45, 2.75) is 13.0 Å². The van der Waals surface area contributed by atoms with Crippen molar-refractivity contribution in [3.8, 4) is 0 Å².